The van der Waals surface area contributed by atoms with Crippen LogP contribution in [0.4, 0.5) is 0 Å². The number of hydrogen-bond donors (Lipinski definition) is 1. The second-order valence-electron chi connectivity index (χ2n) is 4.31. The predicted molar refractivity (Wildman–Crippen MR) is 89.1 cm³/mol. The highest BCUT2D eigenvalue weighted by Crippen LogP contribution is 2.53. The van der Waals surface area contributed by atoms with Crippen LogP contribution in [0.3, 0.4) is 0 Å². The van der Waals surface area contributed by atoms with Gasteiger partial charge in [-0.25, -0.2) is 0 Å². The van der Waals surface area contributed by atoms with Crippen molar-refractivity contribution in [2.45, 2.75) is 27.7 Å². The number of phenolic OH excluding ortho intramolecular Hbond substituents is 1. The minimum absolute atomic E-state index is 0.0571. The maximum atomic E-state index is 12.9. The van der Waals surface area contributed by atoms with Crippen molar-refractivity contribution in [2.24, 2.45) is 0 Å². The Labute approximate surface area is 137 Å². The molecule has 0 heterocycles. The van der Waals surface area contributed by atoms with Crippen molar-refractivity contribution in [3.8, 4) is 5.75 Å². The normalized spacial score (nSPS) is 12.5. The van der Waals surface area contributed by atoms with Gasteiger partial charge in [-0.3, -0.25) is 9.13 Å². The summed E-state index contributed by atoms with van der Waals surface area (Å²) in [5.41, 5.74) is 0. The van der Waals surface area contributed by atoms with Crippen molar-refractivity contribution in [1.29, 1.82) is 0 Å². The maximum Gasteiger partial charge on any atom is 0.365 e. The summed E-state index contributed by atoms with van der Waals surface area (Å²) in [4.78, 5) is 0. The molecule has 0 aromatic heterocycles. The number of aromatic hydroxyl groups is 1. The fourth-order valence-electron chi connectivity index (χ4n) is 1.99. The number of rotatable bonds is 10. The molecule has 0 atom stereocenters. The van der Waals surface area contributed by atoms with Crippen molar-refractivity contribution >= 4 is 25.8 Å². The van der Waals surface area contributed by atoms with Gasteiger partial charge in [-0.2, -0.15) is 0 Å². The molecule has 7 nitrogen and oxygen atoms in total. The van der Waals surface area contributed by atoms with Gasteiger partial charge in [0, 0.05) is 0 Å². The average molecular weight is 366 g/mol. The van der Waals surface area contributed by atoms with Crippen LogP contribution in [-0.4, -0.2) is 31.5 Å². The Morgan fingerprint density at radius 2 is 1.09 bits per heavy atom. The average Bonchev–Trinajstić information content (AvgIpc) is 2.48. The number of hydrogen-bond acceptors (Lipinski definition) is 7. The van der Waals surface area contributed by atoms with Gasteiger partial charge in [0.05, 0.1) is 26.4 Å². The topological polar surface area (TPSA) is 91.3 Å². The van der Waals surface area contributed by atoms with Crippen molar-refractivity contribution in [2.75, 3.05) is 26.4 Å². The van der Waals surface area contributed by atoms with Crippen LogP contribution in [0, 0.1) is 0 Å². The van der Waals surface area contributed by atoms with Crippen LogP contribution in [0.2, 0.25) is 0 Å². The van der Waals surface area contributed by atoms with Crippen molar-refractivity contribution in [1.82, 2.24) is 0 Å². The molecule has 0 spiro atoms. The first-order valence-corrected chi connectivity index (χ1v) is 10.6. The van der Waals surface area contributed by atoms with Crippen LogP contribution in [-0.2, 0) is 27.2 Å². The highest BCUT2D eigenvalue weighted by atomic mass is 31.2. The molecule has 0 radical (unpaired) electrons. The molecule has 9 heteroatoms. The van der Waals surface area contributed by atoms with Gasteiger partial charge in [-0.1, -0.05) is 6.07 Å². The third-order valence-corrected chi connectivity index (χ3v) is 7.07. The van der Waals surface area contributed by atoms with Gasteiger partial charge in [0.25, 0.3) is 0 Å². The standard InChI is InChI=1S/C14H24O7P2/c1-5-18-22(16,19-6-2)12-10-9-11-13(14(12)15)23(17,20-7-3)21-8-4/h9-11,15H,5-8H2,1-4H3. The van der Waals surface area contributed by atoms with E-state index in [0.717, 1.165) is 0 Å². The fourth-order valence-corrected chi connectivity index (χ4v) is 5.44. The van der Waals surface area contributed by atoms with Gasteiger partial charge < -0.3 is 23.2 Å². The maximum absolute atomic E-state index is 12.9. The van der Waals surface area contributed by atoms with Crippen LogP contribution in [0.5, 0.6) is 5.75 Å². The summed E-state index contributed by atoms with van der Waals surface area (Å²) >= 11 is 0. The smallest absolute Gasteiger partial charge is 0.365 e. The van der Waals surface area contributed by atoms with Crippen LogP contribution in [0.15, 0.2) is 18.2 Å². The summed E-state index contributed by atoms with van der Waals surface area (Å²) in [6.07, 6.45) is 0. The molecular formula is C14H24O7P2. The Morgan fingerprint density at radius 3 is 1.35 bits per heavy atom. The molecule has 1 N–H and O–H groups in total. The molecule has 0 aliphatic carbocycles. The third-order valence-electron chi connectivity index (χ3n) is 2.78. The molecule has 0 saturated heterocycles. The van der Waals surface area contributed by atoms with Gasteiger partial charge in [0.15, 0.2) is 0 Å². The molecule has 1 aromatic rings. The molecule has 1 aromatic carbocycles. The second kappa shape index (κ2) is 8.97. The Kier molecular flexibility index (Phi) is 7.95. The van der Waals surface area contributed by atoms with Crippen molar-refractivity contribution in [3.63, 3.8) is 0 Å². The lowest BCUT2D eigenvalue weighted by molar-refractivity contribution is 0.229. The number of benzene rings is 1. The monoisotopic (exact) mass is 366 g/mol. The van der Waals surface area contributed by atoms with E-state index in [2.05, 4.69) is 0 Å². The van der Waals surface area contributed by atoms with E-state index in [1.165, 1.54) is 18.2 Å². The quantitative estimate of drug-likeness (QED) is 0.636. The SMILES string of the molecule is CCOP(=O)(OCC)c1cccc(P(=O)(OCC)OCC)c1O. The Bertz CT molecular complexity index is 535. The highest BCUT2D eigenvalue weighted by Gasteiger charge is 2.37. The van der Waals surface area contributed by atoms with E-state index in [4.69, 9.17) is 18.1 Å². The first-order chi connectivity index (χ1) is 10.9. The molecule has 23 heavy (non-hydrogen) atoms. The Balaban J connectivity index is 3.45. The molecule has 0 saturated carbocycles. The van der Waals surface area contributed by atoms with Crippen molar-refractivity contribution in [3.05, 3.63) is 18.2 Å². The first kappa shape index (κ1) is 20.4. The van der Waals surface area contributed by atoms with Crippen LogP contribution < -0.4 is 10.6 Å². The van der Waals surface area contributed by atoms with Crippen molar-refractivity contribution < 1.29 is 32.3 Å². The fraction of sp³-hybridized carbons (Fsp3) is 0.571. The summed E-state index contributed by atoms with van der Waals surface area (Å²) in [5.74, 6) is -0.456. The van der Waals surface area contributed by atoms with Crippen LogP contribution in [0.25, 0.3) is 0 Å². The number of para-hydroxylation sites is 1. The van der Waals surface area contributed by atoms with Gasteiger partial charge in [0.1, 0.15) is 16.4 Å². The van der Waals surface area contributed by atoms with Gasteiger partial charge in [0.2, 0.25) is 0 Å². The zero-order valence-corrected chi connectivity index (χ0v) is 15.6. The first-order valence-electron chi connectivity index (χ1n) is 7.49. The second-order valence-corrected chi connectivity index (χ2v) is 8.30. The van der Waals surface area contributed by atoms with E-state index in [9.17, 15) is 14.2 Å². The molecule has 0 aliphatic rings. The van der Waals surface area contributed by atoms with E-state index >= 15 is 0 Å². The number of phenols is 1. The molecular weight excluding hydrogens is 342 g/mol. The van der Waals surface area contributed by atoms with Gasteiger partial charge >= 0.3 is 15.2 Å². The minimum Gasteiger partial charge on any atom is -0.506 e. The molecule has 0 fully saturated rings. The zero-order valence-electron chi connectivity index (χ0n) is 13.9. The lowest BCUT2D eigenvalue weighted by Gasteiger charge is -2.22. The van der Waals surface area contributed by atoms with E-state index in [1.807, 2.05) is 0 Å². The van der Waals surface area contributed by atoms with Crippen LogP contribution in [0.1, 0.15) is 27.7 Å². The summed E-state index contributed by atoms with van der Waals surface area (Å²) in [7, 11) is -7.45. The lowest BCUT2D eigenvalue weighted by atomic mass is 10.3. The minimum atomic E-state index is -3.73. The Morgan fingerprint density at radius 1 is 0.783 bits per heavy atom. The molecule has 1 rings (SSSR count). The predicted octanol–water partition coefficient (Wildman–Crippen LogP) is 3.18. The summed E-state index contributed by atoms with van der Waals surface area (Å²) in [6, 6.07) is 4.32. The lowest BCUT2D eigenvalue weighted by Crippen LogP contribution is -2.20. The summed E-state index contributed by atoms with van der Waals surface area (Å²) in [5, 5.41) is 10.4. The summed E-state index contributed by atoms with van der Waals surface area (Å²) < 4.78 is 46.6. The van der Waals surface area contributed by atoms with E-state index in [1.54, 1.807) is 27.7 Å². The molecule has 0 bridgehead atoms. The third kappa shape index (κ3) is 4.66. The molecule has 0 aliphatic heterocycles. The largest absolute Gasteiger partial charge is 0.506 e. The van der Waals surface area contributed by atoms with E-state index in [0.29, 0.717) is 0 Å². The zero-order chi connectivity index (χ0) is 17.5. The van der Waals surface area contributed by atoms with Gasteiger partial charge in [-0.15, -0.1) is 0 Å². The highest BCUT2D eigenvalue weighted by molar-refractivity contribution is 7.64. The Hall–Kier alpha value is -0.680. The summed E-state index contributed by atoms with van der Waals surface area (Å²) in [6.45, 7) is 7.20. The van der Waals surface area contributed by atoms with E-state index < -0.39 is 20.9 Å². The van der Waals surface area contributed by atoms with Gasteiger partial charge in [-0.05, 0) is 39.8 Å². The molecule has 0 unspecified atom stereocenters. The van der Waals surface area contributed by atoms with Crippen LogP contribution >= 0.6 is 15.2 Å². The molecule has 0 amide bonds. The molecule has 132 valence electrons. The van der Waals surface area contributed by atoms with E-state index in [-0.39, 0.29) is 37.0 Å².